The third-order valence-corrected chi connectivity index (χ3v) is 5.53. The van der Waals surface area contributed by atoms with Crippen molar-refractivity contribution in [3.05, 3.63) is 24.3 Å². The molecular formula is C19H27NO3. The van der Waals surface area contributed by atoms with Gasteiger partial charge in [0.2, 0.25) is 0 Å². The fourth-order valence-corrected chi connectivity index (χ4v) is 4.29. The van der Waals surface area contributed by atoms with Crippen LogP contribution in [-0.2, 0) is 4.79 Å². The van der Waals surface area contributed by atoms with Crippen molar-refractivity contribution in [3.8, 4) is 11.5 Å². The smallest absolute Gasteiger partial charge is 0.260 e. The van der Waals surface area contributed by atoms with Gasteiger partial charge in [-0.1, -0.05) is 12.5 Å². The van der Waals surface area contributed by atoms with Crippen LogP contribution >= 0.6 is 0 Å². The maximum absolute atomic E-state index is 12.4. The first-order chi connectivity index (χ1) is 11.1. The van der Waals surface area contributed by atoms with Crippen molar-refractivity contribution in [2.45, 2.75) is 51.7 Å². The Morgan fingerprint density at radius 3 is 2.65 bits per heavy atom. The van der Waals surface area contributed by atoms with Crippen LogP contribution in [0.4, 0.5) is 0 Å². The molecule has 2 fully saturated rings. The molecular weight excluding hydrogens is 290 g/mol. The minimum atomic E-state index is -0.511. The SMILES string of the molecule is COc1cccc(OC(C)C(=O)NC(C)C2CC3CCC2C3)c1. The van der Waals surface area contributed by atoms with Gasteiger partial charge in [-0.05, 0) is 63.0 Å². The second-order valence-corrected chi connectivity index (χ2v) is 7.08. The monoisotopic (exact) mass is 317 g/mol. The Morgan fingerprint density at radius 1 is 1.22 bits per heavy atom. The van der Waals surface area contributed by atoms with Gasteiger partial charge in [-0.15, -0.1) is 0 Å². The zero-order chi connectivity index (χ0) is 16.4. The van der Waals surface area contributed by atoms with Crippen molar-refractivity contribution in [1.29, 1.82) is 0 Å². The molecule has 2 aliphatic rings. The quantitative estimate of drug-likeness (QED) is 0.875. The summed E-state index contributed by atoms with van der Waals surface area (Å²) in [6, 6.07) is 7.58. The maximum atomic E-state index is 12.4. The first-order valence-corrected chi connectivity index (χ1v) is 8.68. The van der Waals surface area contributed by atoms with Crippen molar-refractivity contribution in [1.82, 2.24) is 5.32 Å². The Morgan fingerprint density at radius 2 is 2.00 bits per heavy atom. The number of rotatable bonds is 6. The molecule has 126 valence electrons. The second kappa shape index (κ2) is 6.81. The number of ether oxygens (including phenoxy) is 2. The number of nitrogens with one attached hydrogen (secondary N) is 1. The highest BCUT2D eigenvalue weighted by atomic mass is 16.5. The van der Waals surface area contributed by atoms with Crippen LogP contribution in [0.1, 0.15) is 39.5 Å². The summed E-state index contributed by atoms with van der Waals surface area (Å²) in [5, 5.41) is 3.16. The highest BCUT2D eigenvalue weighted by molar-refractivity contribution is 5.81. The number of carbonyl (C=O) groups is 1. The van der Waals surface area contributed by atoms with Crippen LogP contribution in [0.2, 0.25) is 0 Å². The van der Waals surface area contributed by atoms with Gasteiger partial charge in [0, 0.05) is 12.1 Å². The summed E-state index contributed by atoms with van der Waals surface area (Å²) in [6.45, 7) is 3.93. The van der Waals surface area contributed by atoms with Crippen LogP contribution < -0.4 is 14.8 Å². The summed E-state index contributed by atoms with van der Waals surface area (Å²) in [5.41, 5.74) is 0. The molecule has 0 spiro atoms. The van der Waals surface area contributed by atoms with Gasteiger partial charge in [0.15, 0.2) is 6.10 Å². The van der Waals surface area contributed by atoms with Gasteiger partial charge in [0.05, 0.1) is 7.11 Å². The Labute approximate surface area is 138 Å². The Balaban J connectivity index is 1.52. The lowest BCUT2D eigenvalue weighted by Crippen LogP contribution is -2.45. The highest BCUT2D eigenvalue weighted by Gasteiger charge is 2.42. The zero-order valence-electron chi connectivity index (χ0n) is 14.2. The summed E-state index contributed by atoms with van der Waals surface area (Å²) < 4.78 is 10.9. The standard InChI is InChI=1S/C19H27NO3/c1-12(18-10-14-7-8-15(18)9-14)20-19(21)13(2)23-17-6-4-5-16(11-17)22-3/h4-6,11-15,18H,7-10H2,1-3H3,(H,20,21). The molecule has 1 amide bonds. The molecule has 0 aliphatic heterocycles. The maximum Gasteiger partial charge on any atom is 0.260 e. The van der Waals surface area contributed by atoms with E-state index in [0.29, 0.717) is 11.7 Å². The van der Waals surface area contributed by atoms with E-state index >= 15 is 0 Å². The average Bonchev–Trinajstić information content (AvgIpc) is 3.18. The van der Waals surface area contributed by atoms with Crippen molar-refractivity contribution < 1.29 is 14.3 Å². The molecule has 3 rings (SSSR count). The molecule has 4 nitrogen and oxygen atoms in total. The Hall–Kier alpha value is -1.71. The minimum Gasteiger partial charge on any atom is -0.497 e. The molecule has 0 aromatic heterocycles. The first-order valence-electron chi connectivity index (χ1n) is 8.68. The predicted octanol–water partition coefficient (Wildman–Crippen LogP) is 3.40. The van der Waals surface area contributed by atoms with Crippen LogP contribution in [0, 0.1) is 17.8 Å². The predicted molar refractivity (Wildman–Crippen MR) is 89.6 cm³/mol. The van der Waals surface area contributed by atoms with Crippen LogP contribution in [0.25, 0.3) is 0 Å². The van der Waals surface area contributed by atoms with Crippen LogP contribution in [0.3, 0.4) is 0 Å². The van der Waals surface area contributed by atoms with Crippen LogP contribution in [0.5, 0.6) is 11.5 Å². The Kier molecular flexibility index (Phi) is 4.79. The van der Waals surface area contributed by atoms with Gasteiger partial charge in [0.1, 0.15) is 11.5 Å². The third-order valence-electron chi connectivity index (χ3n) is 5.53. The molecule has 1 N–H and O–H groups in total. The van der Waals surface area contributed by atoms with Gasteiger partial charge in [-0.25, -0.2) is 0 Å². The molecule has 1 aromatic carbocycles. The van der Waals surface area contributed by atoms with E-state index < -0.39 is 6.10 Å². The zero-order valence-corrected chi connectivity index (χ0v) is 14.2. The fraction of sp³-hybridized carbons (Fsp3) is 0.632. The van der Waals surface area contributed by atoms with Gasteiger partial charge in [0.25, 0.3) is 5.91 Å². The van der Waals surface area contributed by atoms with E-state index in [1.165, 1.54) is 25.7 Å². The minimum absolute atomic E-state index is 0.0388. The van der Waals surface area contributed by atoms with Crippen molar-refractivity contribution in [3.63, 3.8) is 0 Å². The summed E-state index contributed by atoms with van der Waals surface area (Å²) in [7, 11) is 1.62. The molecule has 2 bridgehead atoms. The van der Waals surface area contributed by atoms with Gasteiger partial charge >= 0.3 is 0 Å². The number of methoxy groups -OCH3 is 1. The molecule has 5 unspecified atom stereocenters. The highest BCUT2D eigenvalue weighted by Crippen LogP contribution is 2.49. The van der Waals surface area contributed by atoms with Crippen molar-refractivity contribution >= 4 is 5.91 Å². The van der Waals surface area contributed by atoms with E-state index in [2.05, 4.69) is 12.2 Å². The normalized spacial score (nSPS) is 28.2. The van der Waals surface area contributed by atoms with Gasteiger partial charge in [-0.2, -0.15) is 0 Å². The van der Waals surface area contributed by atoms with E-state index in [1.807, 2.05) is 18.2 Å². The number of carbonyl (C=O) groups excluding carboxylic acids is 1. The second-order valence-electron chi connectivity index (χ2n) is 7.08. The third kappa shape index (κ3) is 3.62. The van der Waals surface area contributed by atoms with Crippen LogP contribution in [-0.4, -0.2) is 25.2 Å². The van der Waals surface area contributed by atoms with Gasteiger partial charge in [-0.3, -0.25) is 4.79 Å². The van der Waals surface area contributed by atoms with Crippen LogP contribution in [0.15, 0.2) is 24.3 Å². The number of amides is 1. The first kappa shape index (κ1) is 16.2. The summed E-state index contributed by atoms with van der Waals surface area (Å²) in [6.07, 6.45) is 4.85. The fourth-order valence-electron chi connectivity index (χ4n) is 4.29. The van der Waals surface area contributed by atoms with E-state index in [1.54, 1.807) is 20.1 Å². The van der Waals surface area contributed by atoms with Crippen molar-refractivity contribution in [2.75, 3.05) is 7.11 Å². The Bertz CT molecular complexity index is 559. The molecule has 0 saturated heterocycles. The number of hydrogen-bond donors (Lipinski definition) is 1. The molecule has 5 atom stereocenters. The molecule has 0 radical (unpaired) electrons. The molecule has 4 heteroatoms. The van der Waals surface area contributed by atoms with E-state index in [9.17, 15) is 4.79 Å². The summed E-state index contributed by atoms with van der Waals surface area (Å²) >= 11 is 0. The largest absolute Gasteiger partial charge is 0.497 e. The van der Waals surface area contributed by atoms with Gasteiger partial charge < -0.3 is 14.8 Å². The summed E-state index contributed by atoms with van der Waals surface area (Å²) in [5.74, 6) is 3.69. The lowest BCUT2D eigenvalue weighted by molar-refractivity contribution is -0.128. The number of fused-ring (bicyclic) bond motifs is 2. The molecule has 23 heavy (non-hydrogen) atoms. The average molecular weight is 317 g/mol. The van der Waals surface area contributed by atoms with Crippen molar-refractivity contribution in [2.24, 2.45) is 17.8 Å². The summed E-state index contributed by atoms with van der Waals surface area (Å²) in [4.78, 5) is 12.4. The number of hydrogen-bond acceptors (Lipinski definition) is 3. The lowest BCUT2D eigenvalue weighted by atomic mass is 9.84. The lowest BCUT2D eigenvalue weighted by Gasteiger charge is -2.29. The molecule has 0 heterocycles. The topological polar surface area (TPSA) is 47.6 Å². The van der Waals surface area contributed by atoms with E-state index in [0.717, 1.165) is 17.6 Å². The molecule has 2 saturated carbocycles. The number of benzene rings is 1. The van der Waals surface area contributed by atoms with E-state index in [-0.39, 0.29) is 11.9 Å². The molecule has 2 aliphatic carbocycles. The molecule has 1 aromatic rings. The van der Waals surface area contributed by atoms with E-state index in [4.69, 9.17) is 9.47 Å².